The van der Waals surface area contributed by atoms with Crippen molar-refractivity contribution < 1.29 is 22.4 Å². The zero-order valence-corrected chi connectivity index (χ0v) is 11.3. The molecule has 3 aromatic rings. The van der Waals surface area contributed by atoms with Gasteiger partial charge in [0.2, 0.25) is 5.78 Å². The predicted octanol–water partition coefficient (Wildman–Crippen LogP) is 2.74. The largest absolute Gasteiger partial charge is 0.350 e. The van der Waals surface area contributed by atoms with Crippen molar-refractivity contribution in [3.05, 3.63) is 60.2 Å². The van der Waals surface area contributed by atoms with Crippen LogP contribution < -0.4 is 5.32 Å². The van der Waals surface area contributed by atoms with Gasteiger partial charge in [-0.2, -0.15) is 8.78 Å². The molecule has 9 heteroatoms. The van der Waals surface area contributed by atoms with Gasteiger partial charge < -0.3 is 5.32 Å². The fourth-order valence-corrected chi connectivity index (χ4v) is 1.96. The minimum Gasteiger partial charge on any atom is -0.318 e. The van der Waals surface area contributed by atoms with Crippen LogP contribution in [0.4, 0.5) is 23.2 Å². The number of benzene rings is 1. The normalized spacial score (nSPS) is 11.7. The lowest BCUT2D eigenvalue weighted by Gasteiger charge is -2.16. The van der Waals surface area contributed by atoms with E-state index in [9.17, 15) is 22.4 Å². The maximum Gasteiger partial charge on any atom is 0.350 e. The third kappa shape index (κ3) is 2.85. The van der Waals surface area contributed by atoms with Crippen molar-refractivity contribution in [3.8, 4) is 0 Å². The molecule has 0 spiro atoms. The van der Waals surface area contributed by atoms with Gasteiger partial charge in [-0.1, -0.05) is 0 Å². The fourth-order valence-electron chi connectivity index (χ4n) is 1.96. The molecule has 5 nitrogen and oxygen atoms in total. The molecule has 1 N–H and O–H groups in total. The average Bonchev–Trinajstić information content (AvgIpc) is 2.93. The molecule has 23 heavy (non-hydrogen) atoms. The number of amides is 1. The van der Waals surface area contributed by atoms with Gasteiger partial charge in [-0.3, -0.25) is 9.20 Å². The molecule has 1 aromatic carbocycles. The Morgan fingerprint density at radius 1 is 1.13 bits per heavy atom. The Morgan fingerprint density at radius 3 is 2.52 bits per heavy atom. The Labute approximate surface area is 126 Å². The minimum absolute atomic E-state index is 0.0166. The number of halogens is 4. The van der Waals surface area contributed by atoms with Gasteiger partial charge in [0.15, 0.2) is 0 Å². The average molecular weight is 324 g/mol. The Hall–Kier alpha value is -2.97. The standard InChI is InChI=1S/C14H8F4N4O/c15-9-3-8(4-10(16)5-9)14(17,18)12(23)21-11-6-20-13-19-1-2-22(13)7-11/h1-7H,(H,21,23). The van der Waals surface area contributed by atoms with Gasteiger partial charge in [0.05, 0.1) is 11.9 Å². The van der Waals surface area contributed by atoms with Gasteiger partial charge in [-0.05, 0) is 12.1 Å². The van der Waals surface area contributed by atoms with Crippen LogP contribution in [0.15, 0.2) is 43.0 Å². The van der Waals surface area contributed by atoms with Gasteiger partial charge in [0.1, 0.15) is 11.6 Å². The molecule has 0 saturated heterocycles. The first kappa shape index (κ1) is 14.9. The number of anilines is 1. The molecule has 0 radical (unpaired) electrons. The molecule has 0 aliphatic carbocycles. The molecular formula is C14H8F4N4O. The molecule has 0 aliphatic rings. The highest BCUT2D eigenvalue weighted by molar-refractivity contribution is 5.96. The first-order valence-electron chi connectivity index (χ1n) is 6.31. The first-order chi connectivity index (χ1) is 10.9. The van der Waals surface area contributed by atoms with E-state index in [-0.39, 0.29) is 5.69 Å². The Balaban J connectivity index is 1.88. The van der Waals surface area contributed by atoms with Crippen LogP contribution in [0.2, 0.25) is 0 Å². The number of hydrogen-bond donors (Lipinski definition) is 1. The Morgan fingerprint density at radius 2 is 1.83 bits per heavy atom. The van der Waals surface area contributed by atoms with Gasteiger partial charge >= 0.3 is 5.92 Å². The van der Waals surface area contributed by atoms with Crippen LogP contribution in [0.1, 0.15) is 5.56 Å². The zero-order valence-electron chi connectivity index (χ0n) is 11.3. The number of nitrogens with zero attached hydrogens (tertiary/aromatic N) is 3. The number of alkyl halides is 2. The number of rotatable bonds is 3. The van der Waals surface area contributed by atoms with Crippen molar-refractivity contribution in [1.82, 2.24) is 14.4 Å². The maximum atomic E-state index is 14.1. The van der Waals surface area contributed by atoms with Crippen LogP contribution >= 0.6 is 0 Å². The monoisotopic (exact) mass is 324 g/mol. The van der Waals surface area contributed by atoms with Crippen molar-refractivity contribution >= 4 is 17.4 Å². The summed E-state index contributed by atoms with van der Waals surface area (Å²) in [6.07, 6.45) is 5.42. The highest BCUT2D eigenvalue weighted by Gasteiger charge is 2.41. The molecule has 118 valence electrons. The molecule has 0 unspecified atom stereocenters. The number of fused-ring (bicyclic) bond motifs is 1. The molecular weight excluding hydrogens is 316 g/mol. The molecule has 1 amide bonds. The van der Waals surface area contributed by atoms with E-state index < -0.39 is 29.0 Å². The van der Waals surface area contributed by atoms with Crippen LogP contribution in [0.25, 0.3) is 5.78 Å². The van der Waals surface area contributed by atoms with E-state index in [0.717, 1.165) is 6.20 Å². The summed E-state index contributed by atoms with van der Waals surface area (Å²) in [6, 6.07) is 1.24. The predicted molar refractivity (Wildman–Crippen MR) is 71.9 cm³/mol. The molecule has 0 aliphatic heterocycles. The quantitative estimate of drug-likeness (QED) is 0.754. The fraction of sp³-hybridized carbons (Fsp3) is 0.0714. The minimum atomic E-state index is -4.12. The SMILES string of the molecule is O=C(Nc1cnc2nccn2c1)C(F)(F)c1cc(F)cc(F)c1. The van der Waals surface area contributed by atoms with E-state index in [1.165, 1.54) is 23.0 Å². The van der Waals surface area contributed by atoms with Crippen molar-refractivity contribution in [3.63, 3.8) is 0 Å². The third-order valence-electron chi connectivity index (χ3n) is 3.01. The number of carbonyl (C=O) groups excluding carboxylic acids is 1. The lowest BCUT2D eigenvalue weighted by Crippen LogP contribution is -2.32. The van der Waals surface area contributed by atoms with E-state index in [4.69, 9.17) is 0 Å². The van der Waals surface area contributed by atoms with Crippen LogP contribution in [0.5, 0.6) is 0 Å². The summed E-state index contributed by atoms with van der Waals surface area (Å²) in [5.41, 5.74) is -1.10. The van der Waals surface area contributed by atoms with Crippen LogP contribution in [0, 0.1) is 11.6 Å². The van der Waals surface area contributed by atoms with Gasteiger partial charge in [0.25, 0.3) is 5.91 Å². The number of carbonyl (C=O) groups is 1. The van der Waals surface area contributed by atoms with Gasteiger partial charge in [-0.15, -0.1) is 0 Å². The van der Waals surface area contributed by atoms with E-state index in [0.29, 0.717) is 24.0 Å². The van der Waals surface area contributed by atoms with E-state index in [1.54, 1.807) is 0 Å². The molecule has 0 bridgehead atoms. The summed E-state index contributed by atoms with van der Waals surface area (Å²) in [5.74, 6) is -7.93. The van der Waals surface area contributed by atoms with Crippen LogP contribution in [-0.4, -0.2) is 20.3 Å². The van der Waals surface area contributed by atoms with Crippen molar-refractivity contribution in [1.29, 1.82) is 0 Å². The zero-order chi connectivity index (χ0) is 16.6. The summed E-state index contributed by atoms with van der Waals surface area (Å²) >= 11 is 0. The third-order valence-corrected chi connectivity index (χ3v) is 3.01. The number of aromatic nitrogens is 3. The summed E-state index contributed by atoms with van der Waals surface area (Å²) in [6.45, 7) is 0. The number of nitrogens with one attached hydrogen (secondary N) is 1. The molecule has 0 saturated carbocycles. The summed E-state index contributed by atoms with van der Waals surface area (Å²) in [5, 5.41) is 1.96. The molecule has 0 fully saturated rings. The molecule has 2 heterocycles. The van der Waals surface area contributed by atoms with Crippen LogP contribution in [-0.2, 0) is 10.7 Å². The second-order valence-corrected chi connectivity index (χ2v) is 4.66. The van der Waals surface area contributed by atoms with Crippen molar-refractivity contribution in [2.24, 2.45) is 0 Å². The number of imidazole rings is 1. The molecule has 3 rings (SSSR count). The summed E-state index contributed by atoms with van der Waals surface area (Å²) in [4.78, 5) is 19.5. The Bertz CT molecular complexity index is 873. The first-order valence-corrected chi connectivity index (χ1v) is 6.31. The second kappa shape index (κ2) is 5.34. The lowest BCUT2D eigenvalue weighted by atomic mass is 10.1. The van der Waals surface area contributed by atoms with Gasteiger partial charge in [-0.25, -0.2) is 18.7 Å². The topological polar surface area (TPSA) is 59.3 Å². The maximum absolute atomic E-state index is 14.1. The van der Waals surface area contributed by atoms with E-state index in [2.05, 4.69) is 9.97 Å². The summed E-state index contributed by atoms with van der Waals surface area (Å²) < 4.78 is 55.7. The molecule has 0 atom stereocenters. The van der Waals surface area contributed by atoms with Crippen LogP contribution in [0.3, 0.4) is 0 Å². The number of hydrogen-bond acceptors (Lipinski definition) is 3. The van der Waals surface area contributed by atoms with E-state index >= 15 is 0 Å². The summed E-state index contributed by atoms with van der Waals surface area (Å²) in [7, 11) is 0. The van der Waals surface area contributed by atoms with Crippen molar-refractivity contribution in [2.75, 3.05) is 5.32 Å². The van der Waals surface area contributed by atoms with Crippen molar-refractivity contribution in [2.45, 2.75) is 5.92 Å². The van der Waals surface area contributed by atoms with E-state index in [1.807, 2.05) is 5.32 Å². The smallest absolute Gasteiger partial charge is 0.318 e. The highest BCUT2D eigenvalue weighted by atomic mass is 19.3. The lowest BCUT2D eigenvalue weighted by molar-refractivity contribution is -0.141. The second-order valence-electron chi connectivity index (χ2n) is 4.66. The van der Waals surface area contributed by atoms with Gasteiger partial charge in [0, 0.05) is 30.2 Å². The highest BCUT2D eigenvalue weighted by Crippen LogP contribution is 2.30. The Kier molecular flexibility index (Phi) is 3.47. The molecule has 2 aromatic heterocycles.